The molecule has 0 bridgehead atoms. The van der Waals surface area contributed by atoms with Gasteiger partial charge in [0.2, 0.25) is 0 Å². The van der Waals surface area contributed by atoms with E-state index in [2.05, 4.69) is 5.32 Å². The fourth-order valence-corrected chi connectivity index (χ4v) is 4.23. The van der Waals surface area contributed by atoms with Crippen LogP contribution in [0.2, 0.25) is 0 Å². The number of alkyl halides is 1. The van der Waals surface area contributed by atoms with Crippen molar-refractivity contribution in [3.05, 3.63) is 29.8 Å². The van der Waals surface area contributed by atoms with Crippen LogP contribution in [0.5, 0.6) is 11.5 Å². The van der Waals surface area contributed by atoms with E-state index in [1.807, 2.05) is 0 Å². The van der Waals surface area contributed by atoms with Gasteiger partial charge in [-0.05, 0) is 0 Å². The molecule has 1 aliphatic rings. The fraction of sp³-hybridized carbons (Fsp3) is 0.412. The van der Waals surface area contributed by atoms with E-state index in [0.717, 1.165) is 6.08 Å². The Balaban J connectivity index is 2.11. The van der Waals surface area contributed by atoms with E-state index in [1.54, 1.807) is 0 Å². The van der Waals surface area contributed by atoms with Crippen molar-refractivity contribution >= 4 is 18.0 Å². The number of hydrogen-bond donors (Lipinski definition) is 5. The Labute approximate surface area is 166 Å². The Morgan fingerprint density at radius 3 is 2.63 bits per heavy atom. The van der Waals surface area contributed by atoms with E-state index < -0.39 is 55.2 Å². The molecule has 5 N–H and O–H groups in total. The zero-order valence-electron chi connectivity index (χ0n) is 14.3. The number of rotatable bonds is 5. The van der Waals surface area contributed by atoms with Gasteiger partial charge >= 0.3 is 166 Å². The van der Waals surface area contributed by atoms with Gasteiger partial charge in [-0.25, -0.2) is 0 Å². The molecule has 0 aliphatic heterocycles. The molecule has 1 saturated carbocycles. The number of phenols is 2. The monoisotopic (exact) mass is 493 g/mol. The standard InChI is InChI=1S/C17H20INO8/c1-19-16(24)17(25)7-12(22)15(18-26)13(8-17)27-14(23)5-3-9-2-4-10(20)11(21)6-9/h2-6,12-13,15,20-21,25-26H,7-8H2,1H3,(H,19,24)/q-2/b5-3+/t12?,13-,15?,17?/m1/s1. The van der Waals surface area contributed by atoms with Gasteiger partial charge in [0.05, 0.1) is 0 Å². The second-order valence-corrected chi connectivity index (χ2v) is 8.15. The molecule has 10 heteroatoms. The number of halogens is 1. The van der Waals surface area contributed by atoms with Crippen molar-refractivity contribution in [3.63, 3.8) is 0 Å². The van der Waals surface area contributed by atoms with Crippen molar-refractivity contribution in [2.45, 2.75) is 34.6 Å². The molecule has 0 aromatic heterocycles. The molecule has 1 fully saturated rings. The molecule has 9 nitrogen and oxygen atoms in total. The summed E-state index contributed by atoms with van der Waals surface area (Å²) in [6, 6.07) is 3.94. The molecule has 27 heavy (non-hydrogen) atoms. The summed E-state index contributed by atoms with van der Waals surface area (Å²) in [6.07, 6.45) is -0.801. The number of likely N-dealkylation sites (N-methyl/N-ethyl adjacent to an activating group) is 1. The van der Waals surface area contributed by atoms with Crippen LogP contribution in [0.15, 0.2) is 24.3 Å². The molecule has 1 aromatic rings. The molecule has 0 heterocycles. The number of benzene rings is 1. The minimum absolute atomic E-state index is 0.282. The van der Waals surface area contributed by atoms with Crippen LogP contribution in [0.25, 0.3) is 6.08 Å². The van der Waals surface area contributed by atoms with Crippen LogP contribution in [0, 0.1) is 0 Å². The molecule has 1 aromatic carbocycles. The quantitative estimate of drug-likeness (QED) is 0.0901. The molecular formula is C17H20INO8-2. The molecule has 1 aliphatic carbocycles. The Bertz CT molecular complexity index is 740. The minimum atomic E-state index is -1.96. The van der Waals surface area contributed by atoms with Gasteiger partial charge in [0.1, 0.15) is 0 Å². The van der Waals surface area contributed by atoms with E-state index >= 15 is 0 Å². The molecule has 0 spiro atoms. The summed E-state index contributed by atoms with van der Waals surface area (Å²) in [4.78, 5) is 24.0. The van der Waals surface area contributed by atoms with Gasteiger partial charge in [-0.1, -0.05) is 0 Å². The van der Waals surface area contributed by atoms with E-state index in [1.165, 1.54) is 31.3 Å². The number of carbonyl (C=O) groups is 2. The number of amides is 1. The normalized spacial score (nSPS) is 28.2. The van der Waals surface area contributed by atoms with Crippen LogP contribution in [-0.4, -0.2) is 59.4 Å². The first kappa shape index (κ1) is 21.4. The zero-order chi connectivity index (χ0) is 20.2. The first-order valence-corrected chi connectivity index (χ1v) is 10.2. The van der Waals surface area contributed by atoms with E-state index in [4.69, 9.17) is 4.74 Å². The summed E-state index contributed by atoms with van der Waals surface area (Å²) in [6.45, 7) is 0. The van der Waals surface area contributed by atoms with E-state index in [9.17, 15) is 33.5 Å². The summed E-state index contributed by atoms with van der Waals surface area (Å²) in [5.41, 5.74) is -1.55. The maximum atomic E-state index is 12.3. The summed E-state index contributed by atoms with van der Waals surface area (Å²) in [5.74, 6) is -2.23. The first-order chi connectivity index (χ1) is 12.7. The number of aliphatic hydroxyl groups is 1. The Morgan fingerprint density at radius 2 is 2.04 bits per heavy atom. The number of esters is 1. The number of nitrogens with one attached hydrogen (secondary N) is 1. The maximum absolute atomic E-state index is 12.3. The third-order valence-electron chi connectivity index (χ3n) is 4.23. The zero-order valence-corrected chi connectivity index (χ0v) is 16.5. The average Bonchev–Trinajstić information content (AvgIpc) is 2.61. The molecule has 150 valence electrons. The summed E-state index contributed by atoms with van der Waals surface area (Å²) >= 11 is -1.57. The van der Waals surface area contributed by atoms with Crippen LogP contribution in [-0.2, 0) is 14.3 Å². The van der Waals surface area contributed by atoms with Crippen LogP contribution in [0.3, 0.4) is 0 Å². The molecule has 0 radical (unpaired) electrons. The molecule has 3 unspecified atom stereocenters. The van der Waals surface area contributed by atoms with Gasteiger partial charge in [0.15, 0.2) is 0 Å². The number of aromatic hydroxyl groups is 2. The molecule has 4 atom stereocenters. The van der Waals surface area contributed by atoms with Gasteiger partial charge in [0, 0.05) is 0 Å². The van der Waals surface area contributed by atoms with Crippen molar-refractivity contribution < 1.29 is 59.8 Å². The second kappa shape index (κ2) is 8.87. The van der Waals surface area contributed by atoms with Crippen LogP contribution in [0.1, 0.15) is 18.4 Å². The Hall–Kier alpha value is -1.89. The number of carbonyl (C=O) groups excluding carboxylic acids is 2. The molecule has 1 amide bonds. The average molecular weight is 493 g/mol. The van der Waals surface area contributed by atoms with Crippen LogP contribution in [0.4, 0.5) is 0 Å². The van der Waals surface area contributed by atoms with E-state index in [0.29, 0.717) is 5.56 Å². The SMILES string of the molecule is CNC(=O)C1(O)CC([O-])C([I-]O)[C@H](OC(=O)/C=C/c2ccc(O)c(O)c2)C1. The van der Waals surface area contributed by atoms with Crippen molar-refractivity contribution in [1.29, 1.82) is 0 Å². The number of phenolic OH excluding ortho intramolecular Hbond substituents is 2. The van der Waals surface area contributed by atoms with Gasteiger partial charge in [-0.2, -0.15) is 0 Å². The van der Waals surface area contributed by atoms with Crippen molar-refractivity contribution in [2.75, 3.05) is 7.05 Å². The molecule has 2 rings (SSSR count). The predicted octanol–water partition coefficient (Wildman–Crippen LogP) is -4.61. The topological polar surface area (TPSA) is 159 Å². The summed E-state index contributed by atoms with van der Waals surface area (Å²) in [7, 11) is 1.32. The number of hydrogen-bond acceptors (Lipinski definition) is 8. The Kier molecular flexibility index (Phi) is 7.03. The third-order valence-corrected chi connectivity index (χ3v) is 6.48. The second-order valence-electron chi connectivity index (χ2n) is 6.16. The summed E-state index contributed by atoms with van der Waals surface area (Å²) in [5, 5.41) is 43.7. The van der Waals surface area contributed by atoms with Crippen molar-refractivity contribution in [1.82, 2.24) is 5.32 Å². The predicted molar refractivity (Wildman–Crippen MR) is 86.7 cm³/mol. The fourth-order valence-electron chi connectivity index (χ4n) is 2.86. The van der Waals surface area contributed by atoms with Crippen molar-refractivity contribution in [3.8, 4) is 11.5 Å². The molecular weight excluding hydrogens is 473 g/mol. The van der Waals surface area contributed by atoms with Crippen LogP contribution < -0.4 is 32.0 Å². The van der Waals surface area contributed by atoms with E-state index in [-0.39, 0.29) is 24.3 Å². The third kappa shape index (κ3) is 5.09. The first-order valence-electron chi connectivity index (χ1n) is 7.98. The van der Waals surface area contributed by atoms with Gasteiger partial charge in [-0.3, -0.25) is 0 Å². The van der Waals surface area contributed by atoms with Gasteiger partial charge < -0.3 is 0 Å². The van der Waals surface area contributed by atoms with Crippen LogP contribution >= 0.6 is 0 Å². The van der Waals surface area contributed by atoms with Gasteiger partial charge in [-0.15, -0.1) is 0 Å². The molecule has 0 saturated heterocycles. The number of ether oxygens (including phenoxy) is 1. The van der Waals surface area contributed by atoms with Crippen molar-refractivity contribution in [2.24, 2.45) is 0 Å². The Morgan fingerprint density at radius 1 is 1.33 bits per heavy atom. The van der Waals surface area contributed by atoms with Gasteiger partial charge in [0.25, 0.3) is 0 Å². The summed E-state index contributed by atoms with van der Waals surface area (Å²) < 4.78 is 13.9.